The summed E-state index contributed by atoms with van der Waals surface area (Å²) in [5.41, 5.74) is 3.89. The summed E-state index contributed by atoms with van der Waals surface area (Å²) < 4.78 is 30.0. The smallest absolute Gasteiger partial charge is 0.272 e. The molecule has 1 aromatic rings. The lowest BCUT2D eigenvalue weighted by Gasteiger charge is -2.33. The Hall–Kier alpha value is -2.87. The van der Waals surface area contributed by atoms with Crippen molar-refractivity contribution in [3.63, 3.8) is 0 Å². The average Bonchev–Trinajstić information content (AvgIpc) is 2.91. The van der Waals surface area contributed by atoms with Crippen molar-refractivity contribution >= 4 is 12.1 Å². The highest BCUT2D eigenvalue weighted by Crippen LogP contribution is 2.30. The molecule has 192 valence electrons. The normalized spacial score (nSPS) is 25.6. The molecule has 1 unspecified atom stereocenters. The van der Waals surface area contributed by atoms with Gasteiger partial charge in [0.25, 0.3) is 12.3 Å². The zero-order chi connectivity index (χ0) is 24.9. The van der Waals surface area contributed by atoms with E-state index >= 15 is 0 Å². The van der Waals surface area contributed by atoms with Crippen LogP contribution in [0.15, 0.2) is 52.6 Å². The van der Waals surface area contributed by atoms with Crippen molar-refractivity contribution in [1.29, 1.82) is 0 Å². The number of aromatic nitrogens is 1. The molecular weight excluding hydrogens is 462 g/mol. The van der Waals surface area contributed by atoms with Gasteiger partial charge in [-0.1, -0.05) is 24.3 Å². The summed E-state index contributed by atoms with van der Waals surface area (Å²) in [6, 6.07) is 3.94. The zero-order valence-corrected chi connectivity index (χ0v) is 20.5. The predicted molar refractivity (Wildman–Crippen MR) is 135 cm³/mol. The molecule has 1 amide bonds. The van der Waals surface area contributed by atoms with Gasteiger partial charge in [0.15, 0.2) is 6.61 Å². The number of hydrogen-bond acceptors (Lipinski definition) is 5. The Labute approximate surface area is 211 Å². The Morgan fingerprint density at radius 2 is 2.06 bits per heavy atom. The minimum atomic E-state index is -2.50. The molecule has 0 aromatic carbocycles. The highest BCUT2D eigenvalue weighted by Gasteiger charge is 2.27. The van der Waals surface area contributed by atoms with Crippen LogP contribution >= 0.6 is 0 Å². The van der Waals surface area contributed by atoms with Crippen LogP contribution in [-0.4, -0.2) is 60.2 Å². The Balaban J connectivity index is 1.06. The molecule has 4 aliphatic rings. The molecule has 1 atom stereocenters. The molecule has 2 aliphatic carbocycles. The van der Waals surface area contributed by atoms with Gasteiger partial charge in [-0.05, 0) is 74.6 Å². The van der Waals surface area contributed by atoms with E-state index in [-0.39, 0.29) is 23.9 Å². The largest absolute Gasteiger partial charge is 0.472 e. The van der Waals surface area contributed by atoms with Crippen molar-refractivity contribution in [2.75, 3.05) is 19.7 Å². The molecule has 1 fully saturated rings. The number of nitrogens with zero attached hydrogens (tertiary/aromatic N) is 3. The van der Waals surface area contributed by atoms with Crippen LogP contribution in [0.5, 0.6) is 5.88 Å². The monoisotopic (exact) mass is 496 g/mol. The van der Waals surface area contributed by atoms with Crippen LogP contribution in [0, 0.1) is 5.92 Å². The molecule has 0 spiro atoms. The van der Waals surface area contributed by atoms with E-state index in [2.05, 4.69) is 20.2 Å². The Kier molecular flexibility index (Phi) is 7.90. The highest BCUT2D eigenvalue weighted by molar-refractivity contribution is 5.98. The standard InChI is InChI=1S/C28H34F2N4O2/c29-26(30)18-36-27-11-8-20-13-16-34(17-25(20)33-27)15-12-19-6-9-21(10-7-19)32-28(35)23-3-1-5-24-22(23)4-2-14-31-24/h1-4,8,11,14,19,21,24,26H,5-7,9-10,12-13,15-18H2,(H,32,35)/t19-,21-,24?. The maximum Gasteiger partial charge on any atom is 0.272 e. The molecule has 1 saturated carbocycles. The van der Waals surface area contributed by atoms with E-state index in [9.17, 15) is 13.6 Å². The SMILES string of the molecule is O=C(N[C@H]1CC[C@H](CCN2CCc3ccc(OCC(F)F)nc3C2)CC1)C1=C2C=CC=NC2CC=C1. The molecular formula is C28H34F2N4O2. The fraction of sp³-hybridized carbons (Fsp3) is 0.536. The third-order valence-corrected chi connectivity index (χ3v) is 7.69. The van der Waals surface area contributed by atoms with Crippen LogP contribution in [0.25, 0.3) is 0 Å². The fourth-order valence-electron chi connectivity index (χ4n) is 5.65. The molecule has 1 aromatic heterocycles. The summed E-state index contributed by atoms with van der Waals surface area (Å²) in [4.78, 5) is 24.3. The Bertz CT molecular complexity index is 1070. The molecule has 2 aliphatic heterocycles. The third-order valence-electron chi connectivity index (χ3n) is 7.69. The Morgan fingerprint density at radius 3 is 2.89 bits per heavy atom. The van der Waals surface area contributed by atoms with Gasteiger partial charge in [-0.25, -0.2) is 13.8 Å². The first-order chi connectivity index (χ1) is 17.5. The van der Waals surface area contributed by atoms with Gasteiger partial charge in [-0.15, -0.1) is 0 Å². The van der Waals surface area contributed by atoms with Crippen molar-refractivity contribution in [3.05, 3.63) is 58.8 Å². The summed E-state index contributed by atoms with van der Waals surface area (Å²) in [6.07, 6.45) is 14.4. The number of rotatable bonds is 8. The number of amides is 1. The number of aliphatic imine (C=N–C) groups is 1. The van der Waals surface area contributed by atoms with Crippen LogP contribution in [0.1, 0.15) is 49.8 Å². The van der Waals surface area contributed by atoms with Gasteiger partial charge in [0, 0.05) is 37.0 Å². The number of fused-ring (bicyclic) bond motifs is 2. The predicted octanol–water partition coefficient (Wildman–Crippen LogP) is 4.41. The molecule has 6 nitrogen and oxygen atoms in total. The maximum absolute atomic E-state index is 13.0. The minimum absolute atomic E-state index is 0.0209. The molecule has 0 saturated heterocycles. The number of alkyl halides is 2. The van der Waals surface area contributed by atoms with Crippen LogP contribution < -0.4 is 10.1 Å². The summed E-state index contributed by atoms with van der Waals surface area (Å²) in [5.74, 6) is 0.955. The molecule has 8 heteroatoms. The number of hydrogen-bond donors (Lipinski definition) is 1. The maximum atomic E-state index is 13.0. The number of allylic oxidation sites excluding steroid dienone is 1. The van der Waals surface area contributed by atoms with Gasteiger partial charge in [0.05, 0.1) is 11.7 Å². The topological polar surface area (TPSA) is 66.8 Å². The van der Waals surface area contributed by atoms with E-state index in [0.717, 1.165) is 81.4 Å². The second-order valence-electron chi connectivity index (χ2n) is 10.1. The van der Waals surface area contributed by atoms with E-state index in [1.54, 1.807) is 6.07 Å². The van der Waals surface area contributed by atoms with E-state index in [1.807, 2.05) is 36.6 Å². The Morgan fingerprint density at radius 1 is 1.19 bits per heavy atom. The van der Waals surface area contributed by atoms with Crippen molar-refractivity contribution in [2.24, 2.45) is 10.9 Å². The van der Waals surface area contributed by atoms with E-state index in [0.29, 0.717) is 5.92 Å². The van der Waals surface area contributed by atoms with Gasteiger partial charge in [0.2, 0.25) is 5.88 Å². The molecule has 0 bridgehead atoms. The number of halogens is 2. The molecule has 36 heavy (non-hydrogen) atoms. The minimum Gasteiger partial charge on any atom is -0.472 e. The number of pyridine rings is 1. The van der Waals surface area contributed by atoms with Crippen molar-refractivity contribution in [2.45, 2.75) is 70.0 Å². The van der Waals surface area contributed by atoms with Crippen LogP contribution in [-0.2, 0) is 17.8 Å². The van der Waals surface area contributed by atoms with Gasteiger partial charge < -0.3 is 10.1 Å². The third kappa shape index (κ3) is 6.09. The van der Waals surface area contributed by atoms with E-state index < -0.39 is 13.0 Å². The first kappa shape index (κ1) is 24.8. The number of carbonyl (C=O) groups is 1. The van der Waals surface area contributed by atoms with Crippen molar-refractivity contribution in [1.82, 2.24) is 15.2 Å². The van der Waals surface area contributed by atoms with Crippen LogP contribution in [0.2, 0.25) is 0 Å². The summed E-state index contributed by atoms with van der Waals surface area (Å²) in [5, 5.41) is 3.27. The fourth-order valence-corrected chi connectivity index (χ4v) is 5.65. The van der Waals surface area contributed by atoms with Gasteiger partial charge in [-0.3, -0.25) is 14.7 Å². The van der Waals surface area contributed by atoms with Gasteiger partial charge in [0.1, 0.15) is 0 Å². The first-order valence-corrected chi connectivity index (χ1v) is 13.1. The van der Waals surface area contributed by atoms with Crippen LogP contribution in [0.3, 0.4) is 0 Å². The second kappa shape index (κ2) is 11.5. The number of ether oxygens (including phenoxy) is 1. The molecule has 5 rings (SSSR count). The summed E-state index contributed by atoms with van der Waals surface area (Å²) in [7, 11) is 0. The second-order valence-corrected chi connectivity index (χ2v) is 10.1. The highest BCUT2D eigenvalue weighted by atomic mass is 19.3. The first-order valence-electron chi connectivity index (χ1n) is 13.1. The quantitative estimate of drug-likeness (QED) is 0.579. The number of dihydropyridines is 1. The average molecular weight is 497 g/mol. The van der Waals surface area contributed by atoms with Gasteiger partial charge >= 0.3 is 0 Å². The van der Waals surface area contributed by atoms with E-state index in [4.69, 9.17) is 4.74 Å². The van der Waals surface area contributed by atoms with Crippen molar-refractivity contribution < 1.29 is 18.3 Å². The molecule has 3 heterocycles. The molecule has 1 N–H and O–H groups in total. The lowest BCUT2D eigenvalue weighted by Crippen LogP contribution is -2.39. The number of nitrogens with one attached hydrogen (secondary N) is 1. The lowest BCUT2D eigenvalue weighted by molar-refractivity contribution is -0.118. The van der Waals surface area contributed by atoms with Crippen LogP contribution in [0.4, 0.5) is 8.78 Å². The lowest BCUT2D eigenvalue weighted by atomic mass is 9.83. The zero-order valence-electron chi connectivity index (χ0n) is 20.5. The van der Waals surface area contributed by atoms with Gasteiger partial charge in [-0.2, -0.15) is 0 Å². The van der Waals surface area contributed by atoms with E-state index in [1.165, 1.54) is 5.56 Å². The summed E-state index contributed by atoms with van der Waals surface area (Å²) >= 11 is 0. The number of carbonyl (C=O) groups excluding carboxylic acids is 1. The van der Waals surface area contributed by atoms with Crippen molar-refractivity contribution in [3.8, 4) is 5.88 Å². The molecule has 0 radical (unpaired) electrons. The summed E-state index contributed by atoms with van der Waals surface area (Å²) in [6.45, 7) is 2.10.